The van der Waals surface area contributed by atoms with Crippen LogP contribution in [0.4, 0.5) is 11.4 Å². The van der Waals surface area contributed by atoms with Gasteiger partial charge < -0.3 is 15.2 Å². The van der Waals surface area contributed by atoms with Crippen molar-refractivity contribution in [3.63, 3.8) is 0 Å². The van der Waals surface area contributed by atoms with Gasteiger partial charge in [-0.3, -0.25) is 14.4 Å². The lowest BCUT2D eigenvalue weighted by atomic mass is 9.89. The topological polar surface area (TPSA) is 81.5 Å². The first-order valence-corrected chi connectivity index (χ1v) is 10.3. The number of carbonyl (C=O) groups is 3. The van der Waals surface area contributed by atoms with Crippen molar-refractivity contribution in [1.82, 2.24) is 0 Å². The Bertz CT molecular complexity index is 974. The van der Waals surface area contributed by atoms with Crippen LogP contribution in [-0.4, -0.2) is 29.9 Å². The lowest BCUT2D eigenvalue weighted by Gasteiger charge is -2.43. The van der Waals surface area contributed by atoms with Crippen LogP contribution in [0.15, 0.2) is 48.5 Å². The van der Waals surface area contributed by atoms with Gasteiger partial charge in [0.05, 0.1) is 12.5 Å². The van der Waals surface area contributed by atoms with Crippen LogP contribution in [-0.2, 0) is 14.4 Å². The average Bonchev–Trinajstić information content (AvgIpc) is 2.75. The van der Waals surface area contributed by atoms with Crippen LogP contribution in [0.2, 0.25) is 5.02 Å². The first kappa shape index (κ1) is 21.7. The summed E-state index contributed by atoms with van der Waals surface area (Å²) >= 11 is 6.03. The number of anilines is 2. The zero-order chi connectivity index (χ0) is 21.8. The molecule has 6 nitrogen and oxygen atoms in total. The monoisotopic (exact) mass is 425 g/mol. The Morgan fingerprint density at radius 2 is 1.83 bits per heavy atom. The van der Waals surface area contributed by atoms with E-state index in [1.807, 2.05) is 44.2 Å². The van der Waals surface area contributed by atoms with E-state index in [2.05, 4.69) is 0 Å². The fourth-order valence-electron chi connectivity index (χ4n) is 3.92. The molecule has 0 aromatic heterocycles. The van der Waals surface area contributed by atoms with Crippen LogP contribution in [0.25, 0.3) is 0 Å². The molecule has 1 aliphatic heterocycles. The second kappa shape index (κ2) is 9.22. The normalized spacial score (nSPS) is 17.8. The Morgan fingerprint density at radius 1 is 1.17 bits per heavy atom. The lowest BCUT2D eigenvalue weighted by molar-refractivity contribution is -0.135. The van der Waals surface area contributed by atoms with Crippen LogP contribution in [0.5, 0.6) is 0 Å². The fourth-order valence-corrected chi connectivity index (χ4v) is 4.05. The molecule has 0 saturated heterocycles. The summed E-state index contributed by atoms with van der Waals surface area (Å²) in [5.74, 6) is -1.29. The van der Waals surface area contributed by atoms with Gasteiger partial charge in [0, 0.05) is 35.1 Å². The van der Waals surface area contributed by atoms with E-state index in [9.17, 15) is 14.4 Å². The molecule has 0 spiro atoms. The highest BCUT2D eigenvalue weighted by Gasteiger charge is 2.39. The predicted molar refractivity (Wildman–Crippen MR) is 118 cm³/mol. The van der Waals surface area contributed by atoms with E-state index < -0.39 is 11.7 Å². The van der Waals surface area contributed by atoms with Gasteiger partial charge in [0.15, 0.2) is 0 Å². The van der Waals surface area contributed by atoms with Gasteiger partial charge in [0.1, 0.15) is 0 Å². The van der Waals surface area contributed by atoms with E-state index in [1.54, 1.807) is 23.1 Å². The first-order chi connectivity index (χ1) is 14.4. The molecule has 1 aliphatic rings. The SMILES string of the molecule is CCC(=O)N(c1ccc(Cl)cc1)C1CC(C)N(C(=O)C(=O)CC=N)c2ccccc21. The number of para-hydroxylation sites is 1. The second-order valence-corrected chi connectivity index (χ2v) is 7.70. The van der Waals surface area contributed by atoms with E-state index in [1.165, 1.54) is 4.90 Å². The van der Waals surface area contributed by atoms with Crippen LogP contribution < -0.4 is 9.80 Å². The summed E-state index contributed by atoms with van der Waals surface area (Å²) in [7, 11) is 0. The van der Waals surface area contributed by atoms with Crippen molar-refractivity contribution in [2.45, 2.75) is 45.2 Å². The van der Waals surface area contributed by atoms with Crippen molar-refractivity contribution in [3.05, 3.63) is 59.1 Å². The number of amides is 2. The Morgan fingerprint density at radius 3 is 2.47 bits per heavy atom. The highest BCUT2D eigenvalue weighted by Crippen LogP contribution is 2.42. The van der Waals surface area contributed by atoms with Crippen LogP contribution in [0.1, 0.15) is 44.7 Å². The summed E-state index contributed by atoms with van der Waals surface area (Å²) in [6, 6.07) is 13.9. The van der Waals surface area contributed by atoms with Crippen molar-refractivity contribution in [3.8, 4) is 0 Å². The number of hydrogen-bond acceptors (Lipinski definition) is 4. The molecule has 0 fully saturated rings. The first-order valence-electron chi connectivity index (χ1n) is 9.90. The summed E-state index contributed by atoms with van der Waals surface area (Å²) in [4.78, 5) is 41.2. The van der Waals surface area contributed by atoms with Crippen molar-refractivity contribution >= 4 is 46.8 Å². The highest BCUT2D eigenvalue weighted by atomic mass is 35.5. The van der Waals surface area contributed by atoms with Gasteiger partial charge in [-0.1, -0.05) is 36.7 Å². The summed E-state index contributed by atoms with van der Waals surface area (Å²) < 4.78 is 0. The molecule has 1 heterocycles. The van der Waals surface area contributed by atoms with E-state index in [0.29, 0.717) is 23.6 Å². The quantitative estimate of drug-likeness (QED) is 0.544. The maximum atomic E-state index is 13.0. The molecule has 2 aromatic rings. The Kier molecular flexibility index (Phi) is 6.67. The maximum absolute atomic E-state index is 13.0. The molecular weight excluding hydrogens is 402 g/mol. The molecular formula is C23H24ClN3O3. The summed E-state index contributed by atoms with van der Waals surface area (Å²) in [5, 5.41) is 7.72. The molecule has 2 atom stereocenters. The molecule has 0 aliphatic carbocycles. The minimum absolute atomic E-state index is 0.0380. The number of benzene rings is 2. The molecule has 1 N–H and O–H groups in total. The summed E-state index contributed by atoms with van der Waals surface area (Å²) in [5.41, 5.74) is 2.16. The molecule has 2 amide bonds. The number of nitrogens with one attached hydrogen (secondary N) is 1. The molecule has 0 bridgehead atoms. The third kappa shape index (κ3) is 4.14. The number of carbonyl (C=O) groups excluding carboxylic acids is 3. The minimum Gasteiger partial charge on any atom is -0.313 e. The largest absolute Gasteiger partial charge is 0.313 e. The van der Waals surface area contributed by atoms with Gasteiger partial charge in [-0.15, -0.1) is 0 Å². The van der Waals surface area contributed by atoms with Crippen molar-refractivity contribution < 1.29 is 14.4 Å². The number of rotatable bonds is 6. The van der Waals surface area contributed by atoms with Crippen LogP contribution in [0.3, 0.4) is 0 Å². The van der Waals surface area contributed by atoms with Gasteiger partial charge in [-0.25, -0.2) is 0 Å². The number of fused-ring (bicyclic) bond motifs is 1. The molecule has 0 saturated carbocycles. The molecule has 7 heteroatoms. The smallest absolute Gasteiger partial charge is 0.294 e. The van der Waals surface area contributed by atoms with Crippen molar-refractivity contribution in [1.29, 1.82) is 5.41 Å². The molecule has 156 valence electrons. The van der Waals surface area contributed by atoms with E-state index in [0.717, 1.165) is 17.5 Å². The zero-order valence-corrected chi connectivity index (χ0v) is 17.7. The summed E-state index contributed by atoms with van der Waals surface area (Å²) in [6.45, 7) is 3.68. The van der Waals surface area contributed by atoms with Crippen LogP contribution >= 0.6 is 11.6 Å². The summed E-state index contributed by atoms with van der Waals surface area (Å²) in [6.07, 6.45) is 1.52. The van der Waals surface area contributed by atoms with E-state index in [-0.39, 0.29) is 24.4 Å². The van der Waals surface area contributed by atoms with Gasteiger partial charge >= 0.3 is 0 Å². The van der Waals surface area contributed by atoms with Gasteiger partial charge in [-0.2, -0.15) is 0 Å². The van der Waals surface area contributed by atoms with Crippen LogP contribution in [0, 0.1) is 5.41 Å². The third-order valence-corrected chi connectivity index (χ3v) is 5.54. The highest BCUT2D eigenvalue weighted by molar-refractivity contribution is 6.43. The molecule has 0 radical (unpaired) electrons. The fraction of sp³-hybridized carbons (Fsp3) is 0.304. The van der Waals surface area contributed by atoms with E-state index >= 15 is 0 Å². The predicted octanol–water partition coefficient (Wildman–Crippen LogP) is 4.56. The maximum Gasteiger partial charge on any atom is 0.294 e. The lowest BCUT2D eigenvalue weighted by Crippen LogP contribution is -2.49. The Hall–Kier alpha value is -2.99. The minimum atomic E-state index is -0.628. The number of nitrogens with zero attached hydrogens (tertiary/aromatic N) is 2. The Balaban J connectivity index is 2.08. The average molecular weight is 426 g/mol. The standard InChI is InChI=1S/C23H24ClN3O3/c1-3-22(29)27(17-10-8-16(24)9-11-17)20-14-15(2)26(23(30)21(28)12-13-25)19-7-5-4-6-18(19)20/h4-11,13,15,20,25H,3,12,14H2,1-2H3. The molecule has 3 rings (SSSR count). The number of Topliss-reactive ketones (excluding diaryl/α,β-unsaturated/α-hetero) is 1. The van der Waals surface area contributed by atoms with Crippen molar-refractivity contribution in [2.75, 3.05) is 9.80 Å². The molecule has 2 unspecified atom stereocenters. The number of hydrogen-bond donors (Lipinski definition) is 1. The zero-order valence-electron chi connectivity index (χ0n) is 17.0. The van der Waals surface area contributed by atoms with E-state index in [4.69, 9.17) is 17.0 Å². The Labute approximate surface area is 180 Å². The number of halogens is 1. The molecule has 2 aromatic carbocycles. The molecule has 30 heavy (non-hydrogen) atoms. The van der Waals surface area contributed by atoms with Gasteiger partial charge in [-0.05, 0) is 49.2 Å². The van der Waals surface area contributed by atoms with Crippen molar-refractivity contribution in [2.24, 2.45) is 0 Å². The number of ketones is 1. The van der Waals surface area contributed by atoms with Gasteiger partial charge in [0.2, 0.25) is 11.7 Å². The third-order valence-electron chi connectivity index (χ3n) is 5.29. The van der Waals surface area contributed by atoms with Gasteiger partial charge in [0.25, 0.3) is 5.91 Å². The second-order valence-electron chi connectivity index (χ2n) is 7.26.